The Balaban J connectivity index is 1.54. The van der Waals surface area contributed by atoms with Crippen LogP contribution in [0, 0.1) is 0 Å². The van der Waals surface area contributed by atoms with E-state index in [0.29, 0.717) is 17.3 Å². The third kappa shape index (κ3) is 4.71. The molecule has 0 saturated heterocycles. The van der Waals surface area contributed by atoms with Crippen molar-refractivity contribution in [2.24, 2.45) is 5.10 Å². The summed E-state index contributed by atoms with van der Waals surface area (Å²) < 4.78 is 7.44. The van der Waals surface area contributed by atoms with Gasteiger partial charge in [0.1, 0.15) is 5.75 Å². The number of hydrazone groups is 1. The highest BCUT2D eigenvalue weighted by Crippen LogP contribution is 2.32. The summed E-state index contributed by atoms with van der Waals surface area (Å²) in [5.41, 5.74) is 2.21. The number of ether oxygens (including phenoxy) is 1. The maximum absolute atomic E-state index is 13.6. The molecule has 0 atom stereocenters. The van der Waals surface area contributed by atoms with Gasteiger partial charge in [0, 0.05) is 10.0 Å². The van der Waals surface area contributed by atoms with Crippen LogP contribution in [0.4, 0.5) is 5.13 Å². The number of thiazole rings is 1. The lowest BCUT2D eigenvalue weighted by Crippen LogP contribution is -2.25. The highest BCUT2D eigenvalue weighted by atomic mass is 79.9. The number of hydrogen-bond acceptors (Lipinski definition) is 5. The van der Waals surface area contributed by atoms with E-state index in [1.807, 2.05) is 91.9 Å². The Kier molecular flexibility index (Phi) is 6.38. The second-order valence-electron chi connectivity index (χ2n) is 7.53. The van der Waals surface area contributed by atoms with E-state index < -0.39 is 0 Å². The standard InChI is InChI=1S/C27H20BrN3O2S/c1-2-33-23-12-7-18(8-13-23)17-29-31(27-30-24-14-11-22(28)16-25(24)34-27)26(32)21-10-9-19-5-3-4-6-20(19)15-21/h3-17H,2H2,1H3/b29-17+. The Morgan fingerprint density at radius 3 is 2.62 bits per heavy atom. The molecule has 0 saturated carbocycles. The van der Waals surface area contributed by atoms with Crippen LogP contribution in [0.1, 0.15) is 22.8 Å². The van der Waals surface area contributed by atoms with Gasteiger partial charge >= 0.3 is 0 Å². The average molecular weight is 530 g/mol. The number of nitrogens with zero attached hydrogens (tertiary/aromatic N) is 3. The molecule has 1 heterocycles. The van der Waals surface area contributed by atoms with Crippen molar-refractivity contribution in [2.75, 3.05) is 11.6 Å². The predicted molar refractivity (Wildman–Crippen MR) is 143 cm³/mol. The van der Waals surface area contributed by atoms with E-state index in [2.05, 4.69) is 26.0 Å². The molecule has 7 heteroatoms. The number of aromatic nitrogens is 1. The average Bonchev–Trinajstić information content (AvgIpc) is 3.27. The molecular formula is C27H20BrN3O2S. The fourth-order valence-corrected chi connectivity index (χ4v) is 5.03. The zero-order valence-corrected chi connectivity index (χ0v) is 20.7. The molecule has 0 spiro atoms. The smallest absolute Gasteiger partial charge is 0.280 e. The minimum Gasteiger partial charge on any atom is -0.494 e. The number of carbonyl (C=O) groups is 1. The molecule has 0 N–H and O–H groups in total. The fraction of sp³-hybridized carbons (Fsp3) is 0.0741. The van der Waals surface area contributed by atoms with Crippen LogP contribution in [0.25, 0.3) is 21.0 Å². The molecule has 0 aliphatic rings. The van der Waals surface area contributed by atoms with Gasteiger partial charge in [-0.15, -0.1) is 0 Å². The zero-order valence-electron chi connectivity index (χ0n) is 18.3. The molecule has 0 fully saturated rings. The number of fused-ring (bicyclic) bond motifs is 2. The molecule has 1 amide bonds. The van der Waals surface area contributed by atoms with Crippen LogP contribution in [-0.2, 0) is 0 Å². The molecular weight excluding hydrogens is 510 g/mol. The monoisotopic (exact) mass is 529 g/mol. The van der Waals surface area contributed by atoms with E-state index in [4.69, 9.17) is 4.74 Å². The molecule has 0 aliphatic heterocycles. The van der Waals surface area contributed by atoms with Crippen LogP contribution in [0.3, 0.4) is 0 Å². The van der Waals surface area contributed by atoms with Crippen LogP contribution in [0.5, 0.6) is 5.75 Å². The summed E-state index contributed by atoms with van der Waals surface area (Å²) in [5.74, 6) is 0.548. The fourth-order valence-electron chi connectivity index (χ4n) is 3.55. The van der Waals surface area contributed by atoms with Crippen molar-refractivity contribution < 1.29 is 9.53 Å². The van der Waals surface area contributed by atoms with E-state index >= 15 is 0 Å². The van der Waals surface area contributed by atoms with E-state index in [9.17, 15) is 4.79 Å². The number of halogens is 1. The topological polar surface area (TPSA) is 54.8 Å². The summed E-state index contributed by atoms with van der Waals surface area (Å²) in [6.45, 7) is 2.55. The first-order valence-corrected chi connectivity index (χ1v) is 12.4. The highest BCUT2D eigenvalue weighted by Gasteiger charge is 2.21. The quantitative estimate of drug-likeness (QED) is 0.171. The first kappa shape index (κ1) is 22.3. The second-order valence-corrected chi connectivity index (χ2v) is 9.46. The van der Waals surface area contributed by atoms with Gasteiger partial charge in [-0.1, -0.05) is 57.6 Å². The normalized spacial score (nSPS) is 11.4. The van der Waals surface area contributed by atoms with Crippen LogP contribution < -0.4 is 9.75 Å². The lowest BCUT2D eigenvalue weighted by atomic mass is 10.1. The molecule has 5 nitrogen and oxygen atoms in total. The second kappa shape index (κ2) is 9.75. The van der Waals surface area contributed by atoms with Gasteiger partial charge in [0.05, 0.1) is 23.0 Å². The van der Waals surface area contributed by atoms with Crippen LogP contribution in [-0.4, -0.2) is 23.7 Å². The Bertz CT molecular complexity index is 1510. The number of hydrogen-bond donors (Lipinski definition) is 0. The minimum absolute atomic E-state index is 0.244. The molecule has 4 aromatic carbocycles. The van der Waals surface area contributed by atoms with E-state index in [1.54, 1.807) is 6.21 Å². The van der Waals surface area contributed by atoms with Crippen molar-refractivity contribution in [3.05, 3.63) is 101 Å². The first-order valence-electron chi connectivity index (χ1n) is 10.8. The summed E-state index contributed by atoms with van der Waals surface area (Å²) in [7, 11) is 0. The largest absolute Gasteiger partial charge is 0.494 e. The Labute approximate surface area is 209 Å². The predicted octanol–water partition coefficient (Wildman–Crippen LogP) is 7.29. The molecule has 0 radical (unpaired) electrons. The Morgan fingerprint density at radius 2 is 1.82 bits per heavy atom. The number of carbonyl (C=O) groups excluding carboxylic acids is 1. The third-order valence-corrected chi connectivity index (χ3v) is 6.71. The van der Waals surface area contributed by atoms with Gasteiger partial charge in [0.25, 0.3) is 5.91 Å². The van der Waals surface area contributed by atoms with Crippen molar-refractivity contribution in [3.63, 3.8) is 0 Å². The van der Waals surface area contributed by atoms with Gasteiger partial charge in [-0.3, -0.25) is 4.79 Å². The van der Waals surface area contributed by atoms with Gasteiger partial charge in [-0.2, -0.15) is 10.1 Å². The Morgan fingerprint density at radius 1 is 1.03 bits per heavy atom. The van der Waals surface area contributed by atoms with Crippen molar-refractivity contribution in [2.45, 2.75) is 6.92 Å². The summed E-state index contributed by atoms with van der Waals surface area (Å²) >= 11 is 4.92. The number of anilines is 1. The molecule has 0 unspecified atom stereocenters. The lowest BCUT2D eigenvalue weighted by molar-refractivity contribution is 0.0988. The molecule has 168 valence electrons. The molecule has 5 rings (SSSR count). The number of rotatable bonds is 6. The van der Waals surface area contributed by atoms with Crippen LogP contribution in [0.2, 0.25) is 0 Å². The van der Waals surface area contributed by atoms with Crippen molar-refractivity contribution >= 4 is 65.5 Å². The van der Waals surface area contributed by atoms with Crippen LogP contribution >= 0.6 is 27.3 Å². The first-order chi connectivity index (χ1) is 16.6. The Hall–Kier alpha value is -3.55. The molecule has 34 heavy (non-hydrogen) atoms. The van der Waals surface area contributed by atoms with E-state index in [-0.39, 0.29) is 5.91 Å². The van der Waals surface area contributed by atoms with Crippen LogP contribution in [0.15, 0.2) is 94.5 Å². The maximum Gasteiger partial charge on any atom is 0.280 e. The van der Waals surface area contributed by atoms with E-state index in [0.717, 1.165) is 36.8 Å². The lowest BCUT2D eigenvalue weighted by Gasteiger charge is -2.14. The van der Waals surface area contributed by atoms with Crippen molar-refractivity contribution in [3.8, 4) is 5.75 Å². The van der Waals surface area contributed by atoms with Gasteiger partial charge in [0.2, 0.25) is 5.13 Å². The summed E-state index contributed by atoms with van der Waals surface area (Å²) in [4.78, 5) is 18.3. The molecule has 0 aliphatic carbocycles. The van der Waals surface area contributed by atoms with Crippen molar-refractivity contribution in [1.82, 2.24) is 4.98 Å². The zero-order chi connectivity index (χ0) is 23.5. The summed E-state index contributed by atoms with van der Waals surface area (Å²) in [6.07, 6.45) is 1.66. The SMILES string of the molecule is CCOc1ccc(/C=N/N(C(=O)c2ccc3ccccc3c2)c2nc3ccc(Br)cc3s2)cc1. The van der Waals surface area contributed by atoms with Crippen molar-refractivity contribution in [1.29, 1.82) is 0 Å². The van der Waals surface area contributed by atoms with Gasteiger partial charge in [-0.05, 0) is 77.9 Å². The minimum atomic E-state index is -0.244. The molecule has 5 aromatic rings. The molecule has 1 aromatic heterocycles. The van der Waals surface area contributed by atoms with Gasteiger partial charge in [-0.25, -0.2) is 4.98 Å². The summed E-state index contributed by atoms with van der Waals surface area (Å²) in [6, 6.07) is 27.1. The molecule has 0 bridgehead atoms. The maximum atomic E-state index is 13.6. The number of amides is 1. The third-order valence-electron chi connectivity index (χ3n) is 5.22. The number of benzene rings is 4. The van der Waals surface area contributed by atoms with E-state index in [1.165, 1.54) is 16.3 Å². The van der Waals surface area contributed by atoms with Gasteiger partial charge < -0.3 is 4.74 Å². The summed E-state index contributed by atoms with van der Waals surface area (Å²) in [5, 5.41) is 8.52. The highest BCUT2D eigenvalue weighted by molar-refractivity contribution is 9.10. The van der Waals surface area contributed by atoms with Gasteiger partial charge in [0.15, 0.2) is 0 Å².